The van der Waals surface area contributed by atoms with Crippen LogP contribution in [0.4, 0.5) is 0 Å². The Bertz CT molecular complexity index is 716. The van der Waals surface area contributed by atoms with Gasteiger partial charge in [-0.25, -0.2) is 0 Å². The number of esters is 2. The van der Waals surface area contributed by atoms with E-state index in [0.717, 1.165) is 77.4 Å². The fraction of sp³-hybridized carbons (Fsp3) is 0.957. The molecule has 0 aromatic carbocycles. The van der Waals surface area contributed by atoms with Gasteiger partial charge in [0.2, 0.25) is 0 Å². The Kier molecular flexibility index (Phi) is 41.7. The van der Waals surface area contributed by atoms with Gasteiger partial charge < -0.3 is 19.5 Å². The number of hydrogen-bond donors (Lipinski definition) is 1. The van der Waals surface area contributed by atoms with Crippen molar-refractivity contribution in [1.29, 1.82) is 0 Å². The topological polar surface area (TPSA) is 76.1 Å². The van der Waals surface area contributed by atoms with E-state index in [1.165, 1.54) is 154 Å². The van der Waals surface area contributed by atoms with Crippen LogP contribution >= 0.6 is 0 Å². The molecule has 0 spiro atoms. The molecule has 0 radical (unpaired) electrons. The lowest BCUT2D eigenvalue weighted by atomic mass is 10.0. The molecular weight excluding hydrogens is 647 g/mol. The van der Waals surface area contributed by atoms with Crippen LogP contribution in [0.5, 0.6) is 0 Å². The van der Waals surface area contributed by atoms with Gasteiger partial charge in [0.15, 0.2) is 0 Å². The third-order valence-electron chi connectivity index (χ3n) is 10.7. The second-order valence-electron chi connectivity index (χ2n) is 15.9. The number of aliphatic hydroxyl groups excluding tert-OH is 1. The van der Waals surface area contributed by atoms with Crippen molar-refractivity contribution in [2.45, 2.75) is 252 Å². The molecule has 0 aromatic heterocycles. The second-order valence-corrected chi connectivity index (χ2v) is 15.9. The zero-order valence-electron chi connectivity index (χ0n) is 35.4. The van der Waals surface area contributed by atoms with Gasteiger partial charge in [0.1, 0.15) is 6.10 Å². The Morgan fingerprint density at radius 1 is 0.442 bits per heavy atom. The Labute approximate surface area is 324 Å². The van der Waals surface area contributed by atoms with Gasteiger partial charge in [-0.05, 0) is 70.9 Å². The summed E-state index contributed by atoms with van der Waals surface area (Å²) in [4.78, 5) is 27.1. The highest BCUT2D eigenvalue weighted by molar-refractivity contribution is 5.69. The van der Waals surface area contributed by atoms with Crippen molar-refractivity contribution in [3.63, 3.8) is 0 Å². The van der Waals surface area contributed by atoms with E-state index in [0.29, 0.717) is 19.4 Å². The van der Waals surface area contributed by atoms with Crippen LogP contribution in [0, 0.1) is 0 Å². The summed E-state index contributed by atoms with van der Waals surface area (Å²) in [5, 5.41) is 9.54. The fourth-order valence-corrected chi connectivity index (χ4v) is 7.23. The lowest BCUT2D eigenvalue weighted by molar-refractivity contribution is -0.150. The lowest BCUT2D eigenvalue weighted by Gasteiger charge is -2.21. The molecule has 0 aromatic rings. The maximum absolute atomic E-state index is 12.7. The van der Waals surface area contributed by atoms with E-state index >= 15 is 0 Å². The van der Waals surface area contributed by atoms with Gasteiger partial charge in [0, 0.05) is 19.4 Å². The number of nitrogens with zero attached hydrogens (tertiary/aromatic N) is 1. The molecule has 0 amide bonds. The summed E-state index contributed by atoms with van der Waals surface area (Å²) in [6, 6.07) is 0. The number of carbonyl (C=O) groups is 2. The first kappa shape index (κ1) is 50.9. The van der Waals surface area contributed by atoms with E-state index in [4.69, 9.17) is 9.47 Å². The minimum absolute atomic E-state index is 0.0267. The van der Waals surface area contributed by atoms with Crippen molar-refractivity contribution >= 4 is 11.9 Å². The first-order chi connectivity index (χ1) is 25.6. The summed E-state index contributed by atoms with van der Waals surface area (Å²) in [5.74, 6) is 0.00109. The Hall–Kier alpha value is -1.14. The fourth-order valence-electron chi connectivity index (χ4n) is 7.23. The zero-order chi connectivity index (χ0) is 38.0. The molecule has 0 unspecified atom stereocenters. The molecule has 0 saturated heterocycles. The molecule has 52 heavy (non-hydrogen) atoms. The van der Waals surface area contributed by atoms with Crippen molar-refractivity contribution in [3.8, 4) is 0 Å². The maximum Gasteiger partial charge on any atom is 0.306 e. The number of aliphatic hydroxyl groups is 1. The van der Waals surface area contributed by atoms with Gasteiger partial charge in [-0.2, -0.15) is 0 Å². The monoisotopic (exact) mass is 738 g/mol. The quantitative estimate of drug-likeness (QED) is 0.0496. The van der Waals surface area contributed by atoms with Crippen molar-refractivity contribution in [2.75, 3.05) is 32.8 Å². The summed E-state index contributed by atoms with van der Waals surface area (Å²) >= 11 is 0. The van der Waals surface area contributed by atoms with Crippen LogP contribution in [0.1, 0.15) is 245 Å². The highest BCUT2D eigenvalue weighted by atomic mass is 16.5. The van der Waals surface area contributed by atoms with Crippen molar-refractivity contribution in [1.82, 2.24) is 4.90 Å². The van der Waals surface area contributed by atoms with Gasteiger partial charge in [0.25, 0.3) is 0 Å². The Morgan fingerprint density at radius 2 is 0.808 bits per heavy atom. The van der Waals surface area contributed by atoms with Gasteiger partial charge in [-0.15, -0.1) is 0 Å². The molecule has 0 saturated carbocycles. The molecule has 0 fully saturated rings. The van der Waals surface area contributed by atoms with Crippen molar-refractivity contribution in [3.05, 3.63) is 0 Å². The standard InChI is InChI=1S/C46H91NO5/c1-4-7-10-13-19-27-34-43-51-45(49)37-30-24-20-26-33-40-47(41-42-48)39-32-25-18-16-17-23-31-38-46(50)52-44(35-28-21-14-11-8-5-2)36-29-22-15-12-9-6-3/h44,48H,4-43H2,1-3H3. The van der Waals surface area contributed by atoms with Crippen molar-refractivity contribution in [2.24, 2.45) is 0 Å². The van der Waals surface area contributed by atoms with Crippen molar-refractivity contribution < 1.29 is 24.2 Å². The maximum atomic E-state index is 12.7. The highest BCUT2D eigenvalue weighted by Gasteiger charge is 2.14. The summed E-state index contributed by atoms with van der Waals surface area (Å²) < 4.78 is 11.4. The molecule has 0 rings (SSSR count). The van der Waals surface area contributed by atoms with Crippen LogP contribution in [0.2, 0.25) is 0 Å². The molecule has 0 aliphatic carbocycles. The normalized spacial score (nSPS) is 11.6. The van der Waals surface area contributed by atoms with Gasteiger partial charge >= 0.3 is 11.9 Å². The predicted octanol–water partition coefficient (Wildman–Crippen LogP) is 13.4. The van der Waals surface area contributed by atoms with E-state index in [2.05, 4.69) is 25.7 Å². The van der Waals surface area contributed by atoms with E-state index in [1.54, 1.807) is 0 Å². The van der Waals surface area contributed by atoms with Gasteiger partial charge in [-0.1, -0.05) is 175 Å². The molecule has 0 aliphatic heterocycles. The number of unbranched alkanes of at least 4 members (excludes halogenated alkanes) is 26. The van der Waals surface area contributed by atoms with Crippen LogP contribution in [0.15, 0.2) is 0 Å². The number of hydrogen-bond acceptors (Lipinski definition) is 6. The van der Waals surface area contributed by atoms with Gasteiger partial charge in [0.05, 0.1) is 13.2 Å². The minimum atomic E-state index is -0.0267. The van der Waals surface area contributed by atoms with E-state index in [1.807, 2.05) is 0 Å². The molecule has 0 aliphatic rings. The molecule has 0 atom stereocenters. The molecule has 310 valence electrons. The Balaban J connectivity index is 3.88. The molecule has 1 N–H and O–H groups in total. The van der Waals surface area contributed by atoms with E-state index < -0.39 is 0 Å². The first-order valence-corrected chi connectivity index (χ1v) is 23.3. The minimum Gasteiger partial charge on any atom is -0.466 e. The molecule has 6 heteroatoms. The Morgan fingerprint density at radius 3 is 1.25 bits per heavy atom. The zero-order valence-corrected chi connectivity index (χ0v) is 35.4. The summed E-state index contributed by atoms with van der Waals surface area (Å²) in [5.41, 5.74) is 0. The van der Waals surface area contributed by atoms with Crippen LogP contribution in [0.25, 0.3) is 0 Å². The smallest absolute Gasteiger partial charge is 0.306 e. The van der Waals surface area contributed by atoms with Crippen LogP contribution in [-0.2, 0) is 19.1 Å². The van der Waals surface area contributed by atoms with E-state index in [-0.39, 0.29) is 24.6 Å². The summed E-state index contributed by atoms with van der Waals surface area (Å²) in [6.45, 7) is 10.5. The average Bonchev–Trinajstić information content (AvgIpc) is 3.14. The third kappa shape index (κ3) is 38.6. The van der Waals surface area contributed by atoms with Crippen LogP contribution < -0.4 is 0 Å². The predicted molar refractivity (Wildman–Crippen MR) is 223 cm³/mol. The SMILES string of the molecule is CCCCCCCCCOC(=O)CCCCCCCN(CCO)CCCCCCCCCC(=O)OC(CCCCCCCC)CCCCCCCC. The third-order valence-corrected chi connectivity index (χ3v) is 10.7. The summed E-state index contributed by atoms with van der Waals surface area (Å²) in [7, 11) is 0. The molecular formula is C46H91NO5. The largest absolute Gasteiger partial charge is 0.466 e. The van der Waals surface area contributed by atoms with E-state index in [9.17, 15) is 14.7 Å². The average molecular weight is 738 g/mol. The van der Waals surface area contributed by atoms with Crippen LogP contribution in [-0.4, -0.2) is 60.9 Å². The summed E-state index contributed by atoms with van der Waals surface area (Å²) in [6.07, 6.45) is 41.2. The molecule has 6 nitrogen and oxygen atoms in total. The second kappa shape index (κ2) is 42.6. The number of rotatable bonds is 43. The molecule has 0 heterocycles. The molecule has 0 bridgehead atoms. The first-order valence-electron chi connectivity index (χ1n) is 23.3. The highest BCUT2D eigenvalue weighted by Crippen LogP contribution is 2.19. The number of ether oxygens (including phenoxy) is 2. The van der Waals surface area contributed by atoms with Crippen LogP contribution in [0.3, 0.4) is 0 Å². The number of carbonyl (C=O) groups excluding carboxylic acids is 2. The van der Waals surface area contributed by atoms with Gasteiger partial charge in [-0.3, -0.25) is 9.59 Å². The lowest BCUT2D eigenvalue weighted by Crippen LogP contribution is -2.29.